The molecular weight excluding hydrogens is 777 g/mol. The van der Waals surface area contributed by atoms with Gasteiger partial charge < -0.3 is 20.6 Å². The Morgan fingerprint density at radius 2 is 0.906 bits per heavy atom. The highest BCUT2D eigenvalue weighted by Gasteiger charge is 2.45. The molecule has 10 rings (SSSR count). The second-order valence-corrected chi connectivity index (χ2v) is 18.9. The summed E-state index contributed by atoms with van der Waals surface area (Å²) in [4.78, 5) is 4.65. The molecule has 0 aliphatic heterocycles. The van der Waals surface area contributed by atoms with Crippen LogP contribution in [0.1, 0.15) is 83.7 Å². The van der Waals surface area contributed by atoms with Crippen LogP contribution in [0.15, 0.2) is 182 Å². The third-order valence-electron chi connectivity index (χ3n) is 14.1. The van der Waals surface area contributed by atoms with Gasteiger partial charge in [0, 0.05) is 57.9 Å². The summed E-state index contributed by atoms with van der Waals surface area (Å²) < 4.78 is 0. The zero-order chi connectivity index (χ0) is 44.3. The molecule has 0 saturated carbocycles. The van der Waals surface area contributed by atoms with Crippen molar-refractivity contribution in [2.45, 2.75) is 58.3 Å². The number of aryl methyl sites for hydroxylation is 2. The average Bonchev–Trinajstić information content (AvgIpc) is 3.68. The van der Waals surface area contributed by atoms with E-state index in [2.05, 4.69) is 209 Å². The number of rotatable bonds is 10. The van der Waals surface area contributed by atoms with E-state index in [1.807, 2.05) is 24.3 Å². The first kappa shape index (κ1) is 40.8. The molecule has 7 aromatic carbocycles. The van der Waals surface area contributed by atoms with Crippen molar-refractivity contribution in [2.75, 3.05) is 9.80 Å². The summed E-state index contributed by atoms with van der Waals surface area (Å²) in [7, 11) is 0. The lowest BCUT2D eigenvalue weighted by molar-refractivity contribution is 0.393. The fourth-order valence-corrected chi connectivity index (χ4v) is 10.4. The minimum absolute atomic E-state index is 0.0793. The second kappa shape index (κ2) is 15.8. The predicted molar refractivity (Wildman–Crippen MR) is 271 cm³/mol. The van der Waals surface area contributed by atoms with Gasteiger partial charge in [0.15, 0.2) is 0 Å². The van der Waals surface area contributed by atoms with Gasteiger partial charge in [-0.05, 0) is 154 Å². The highest BCUT2D eigenvalue weighted by molar-refractivity contribution is 5.87. The normalized spacial score (nSPS) is 17.2. The van der Waals surface area contributed by atoms with Gasteiger partial charge >= 0.3 is 0 Å². The Morgan fingerprint density at radius 3 is 1.44 bits per heavy atom. The van der Waals surface area contributed by atoms with Crippen LogP contribution in [0.5, 0.6) is 0 Å². The molecule has 0 saturated heterocycles. The van der Waals surface area contributed by atoms with Crippen LogP contribution in [0.25, 0.3) is 17.2 Å². The summed E-state index contributed by atoms with van der Waals surface area (Å²) in [5, 5.41) is 15.5. The molecule has 0 radical (unpaired) electrons. The van der Waals surface area contributed by atoms with E-state index in [0.29, 0.717) is 11.8 Å². The molecule has 4 nitrogen and oxygen atoms in total. The number of hydrogen-bond acceptors (Lipinski definition) is 4. The monoisotopic (exact) mass is 830 g/mol. The fourth-order valence-electron chi connectivity index (χ4n) is 10.4. The van der Waals surface area contributed by atoms with Crippen LogP contribution in [-0.4, -0.2) is 12.4 Å². The van der Waals surface area contributed by atoms with Gasteiger partial charge in [-0.2, -0.15) is 0 Å². The molecule has 0 heterocycles. The van der Waals surface area contributed by atoms with Gasteiger partial charge in [0.05, 0.1) is 0 Å². The van der Waals surface area contributed by atoms with E-state index in [1.165, 1.54) is 68.1 Å². The number of anilines is 6. The summed E-state index contributed by atoms with van der Waals surface area (Å²) in [6.45, 7) is 13.8. The molecular formula is C60H54N4. The van der Waals surface area contributed by atoms with E-state index in [-0.39, 0.29) is 10.8 Å². The third-order valence-corrected chi connectivity index (χ3v) is 14.1. The molecule has 4 heteroatoms. The molecule has 3 aliphatic carbocycles. The van der Waals surface area contributed by atoms with E-state index in [0.717, 1.165) is 45.3 Å². The maximum Gasteiger partial charge on any atom is 0.0465 e. The molecule has 0 fully saturated rings. The number of allylic oxidation sites excluding steroid dienone is 5. The molecule has 0 aromatic heterocycles. The topological polar surface area (TPSA) is 54.2 Å². The van der Waals surface area contributed by atoms with Gasteiger partial charge in [0.1, 0.15) is 0 Å². The van der Waals surface area contributed by atoms with Crippen molar-refractivity contribution in [1.29, 1.82) is 10.8 Å². The highest BCUT2D eigenvalue weighted by Crippen LogP contribution is 2.55. The third kappa shape index (κ3) is 7.04. The van der Waals surface area contributed by atoms with Crippen LogP contribution in [0.2, 0.25) is 0 Å². The van der Waals surface area contributed by atoms with Gasteiger partial charge in [-0.1, -0.05) is 148 Å². The van der Waals surface area contributed by atoms with Gasteiger partial charge in [-0.25, -0.2) is 0 Å². The van der Waals surface area contributed by atoms with Crippen LogP contribution in [0.4, 0.5) is 34.1 Å². The molecule has 7 aromatic rings. The summed E-state index contributed by atoms with van der Waals surface area (Å²) in [6.07, 6.45) is 14.6. The largest absolute Gasteiger partial charge is 0.310 e. The first-order valence-electron chi connectivity index (χ1n) is 22.4. The zero-order valence-corrected chi connectivity index (χ0v) is 37.5. The number of nitrogens with one attached hydrogen (secondary N) is 2. The lowest BCUT2D eigenvalue weighted by atomic mass is 9.73. The van der Waals surface area contributed by atoms with E-state index in [4.69, 9.17) is 10.8 Å². The first-order valence-corrected chi connectivity index (χ1v) is 22.4. The maximum absolute atomic E-state index is 7.74. The average molecular weight is 831 g/mol. The predicted octanol–water partition coefficient (Wildman–Crippen LogP) is 15.7. The lowest BCUT2D eigenvalue weighted by Crippen LogP contribution is -2.25. The number of nitrogens with zero attached hydrogens (tertiary/aromatic N) is 2. The smallest absolute Gasteiger partial charge is 0.0465 e. The molecule has 2 atom stereocenters. The second-order valence-electron chi connectivity index (χ2n) is 18.9. The van der Waals surface area contributed by atoms with E-state index >= 15 is 0 Å². The summed E-state index contributed by atoms with van der Waals surface area (Å²) >= 11 is 0. The highest BCUT2D eigenvalue weighted by atomic mass is 15.1. The quantitative estimate of drug-likeness (QED) is 0.135. The Kier molecular flexibility index (Phi) is 10.1. The maximum atomic E-state index is 7.74. The SMILES string of the molecule is Cc1ccc(N(c2ccc(C=N)cc2)c2ccc3c(c2)C(C)(C)c2cc(/C=C/C4=CC5C(C=C4)c4ccc(N(c6ccc(C)cc6)c6ccc(C=N)cc6)cc4C5(C)C)ccc2-3)cc1. The van der Waals surface area contributed by atoms with Gasteiger partial charge in [-0.15, -0.1) is 0 Å². The number of fused-ring (bicyclic) bond motifs is 6. The van der Waals surface area contributed by atoms with Crippen molar-refractivity contribution >= 4 is 52.6 Å². The Hall–Kier alpha value is -7.30. The minimum atomic E-state index is -0.192. The fraction of sp³-hybridized carbons (Fsp3) is 0.167. The van der Waals surface area contributed by atoms with Crippen LogP contribution in [0, 0.1) is 30.6 Å². The van der Waals surface area contributed by atoms with Crippen molar-refractivity contribution < 1.29 is 0 Å². The van der Waals surface area contributed by atoms with Gasteiger partial charge in [-0.3, -0.25) is 0 Å². The van der Waals surface area contributed by atoms with Crippen LogP contribution < -0.4 is 9.80 Å². The standard InChI is InChI=1S/C60H54N4/c1-39-7-19-45(20-8-39)63(47-23-13-43(37-61)14-24-47)49-27-31-53-51-29-17-41(33-55(51)59(3,4)57(53)35-49)11-12-42-18-30-52-54-32-28-50(36-58(54)60(5,6)56(52)34-42)64(46-21-9-40(2)10-22-46)48-25-15-44(38-62)16-26-48/h7-38,51,55,61-62H,1-6H3/b12-11+,61-37?,62-38?. The molecule has 0 bridgehead atoms. The van der Waals surface area contributed by atoms with Crippen molar-refractivity contribution in [3.05, 3.63) is 232 Å². The summed E-state index contributed by atoms with van der Waals surface area (Å²) in [5.41, 5.74) is 21.1. The molecule has 64 heavy (non-hydrogen) atoms. The zero-order valence-electron chi connectivity index (χ0n) is 37.5. The van der Waals surface area contributed by atoms with Crippen LogP contribution in [-0.2, 0) is 10.8 Å². The van der Waals surface area contributed by atoms with E-state index in [9.17, 15) is 0 Å². The van der Waals surface area contributed by atoms with Crippen molar-refractivity contribution in [3.63, 3.8) is 0 Å². The Balaban J connectivity index is 0.924. The van der Waals surface area contributed by atoms with Gasteiger partial charge in [0.25, 0.3) is 0 Å². The molecule has 314 valence electrons. The molecule has 3 aliphatic rings. The number of benzene rings is 7. The van der Waals surface area contributed by atoms with Crippen LogP contribution in [0.3, 0.4) is 0 Å². The molecule has 0 amide bonds. The summed E-state index contributed by atoms with van der Waals surface area (Å²) in [5.74, 6) is 0.654. The van der Waals surface area contributed by atoms with Gasteiger partial charge in [0.2, 0.25) is 0 Å². The molecule has 2 unspecified atom stereocenters. The van der Waals surface area contributed by atoms with Crippen molar-refractivity contribution in [3.8, 4) is 11.1 Å². The van der Waals surface area contributed by atoms with Crippen molar-refractivity contribution in [2.24, 2.45) is 5.92 Å². The first-order chi connectivity index (χ1) is 30.9. The van der Waals surface area contributed by atoms with E-state index in [1.54, 1.807) is 0 Å². The summed E-state index contributed by atoms with van der Waals surface area (Å²) in [6, 6.07) is 54.9. The Labute approximate surface area is 378 Å². The Bertz CT molecular complexity index is 3030. The number of hydrogen-bond donors (Lipinski definition) is 2. The van der Waals surface area contributed by atoms with Crippen molar-refractivity contribution in [1.82, 2.24) is 0 Å². The minimum Gasteiger partial charge on any atom is -0.310 e. The molecule has 2 N–H and O–H groups in total. The lowest BCUT2D eigenvalue weighted by Gasteiger charge is -2.31. The molecule has 0 spiro atoms. The van der Waals surface area contributed by atoms with Crippen LogP contribution >= 0.6 is 0 Å². The Morgan fingerprint density at radius 1 is 0.469 bits per heavy atom. The van der Waals surface area contributed by atoms with E-state index < -0.39 is 0 Å².